The summed E-state index contributed by atoms with van der Waals surface area (Å²) in [7, 11) is 1.66. The van der Waals surface area contributed by atoms with E-state index >= 15 is 0 Å². The molecule has 1 aliphatic heterocycles. The van der Waals surface area contributed by atoms with Crippen LogP contribution in [0, 0.1) is 13.8 Å². The number of allylic oxidation sites excluding steroid dienone is 1. The predicted molar refractivity (Wildman–Crippen MR) is 123 cm³/mol. The van der Waals surface area contributed by atoms with Crippen LogP contribution in [0.4, 0.5) is 0 Å². The van der Waals surface area contributed by atoms with Gasteiger partial charge in [-0.2, -0.15) is 0 Å². The zero-order valence-electron chi connectivity index (χ0n) is 17.4. The average Bonchev–Trinajstić information content (AvgIpc) is 2.62. The summed E-state index contributed by atoms with van der Waals surface area (Å²) in [5.41, 5.74) is 10.9. The molecule has 0 saturated carbocycles. The van der Waals surface area contributed by atoms with Crippen molar-refractivity contribution in [1.82, 2.24) is 14.9 Å². The molecule has 1 amide bonds. The minimum absolute atomic E-state index is 0.180. The lowest BCUT2D eigenvalue weighted by Gasteiger charge is -2.31. The molecule has 0 spiro atoms. The normalized spacial score (nSPS) is 14.5. The van der Waals surface area contributed by atoms with Crippen molar-refractivity contribution >= 4 is 39.1 Å². The Balaban J connectivity index is 2.09. The van der Waals surface area contributed by atoms with Crippen LogP contribution in [0.15, 0.2) is 27.1 Å². The molecule has 0 saturated heterocycles. The Labute approximate surface area is 188 Å². The van der Waals surface area contributed by atoms with Gasteiger partial charge in [0.2, 0.25) is 0 Å². The van der Waals surface area contributed by atoms with Crippen LogP contribution in [0.25, 0.3) is 5.70 Å². The third-order valence-electron chi connectivity index (χ3n) is 5.27. The molecule has 30 heavy (non-hydrogen) atoms. The van der Waals surface area contributed by atoms with Gasteiger partial charge in [-0.1, -0.05) is 27.5 Å². The Hall–Kier alpha value is -2.29. The van der Waals surface area contributed by atoms with Crippen molar-refractivity contribution in [3.63, 3.8) is 0 Å². The highest BCUT2D eigenvalue weighted by Gasteiger charge is 2.31. The highest BCUT2D eigenvalue weighted by Crippen LogP contribution is 2.38. The van der Waals surface area contributed by atoms with Crippen molar-refractivity contribution in [2.45, 2.75) is 33.7 Å². The quantitative estimate of drug-likeness (QED) is 0.447. The van der Waals surface area contributed by atoms with E-state index in [9.17, 15) is 9.59 Å². The summed E-state index contributed by atoms with van der Waals surface area (Å²) in [6.45, 7) is 6.14. The maximum Gasteiger partial charge on any atom is 0.256 e. The van der Waals surface area contributed by atoms with Gasteiger partial charge in [0.1, 0.15) is 0 Å². The number of benzene rings is 1. The molecule has 2 heterocycles. The molecule has 1 aromatic heterocycles. The predicted octanol–water partition coefficient (Wildman–Crippen LogP) is 3.06. The van der Waals surface area contributed by atoms with Crippen molar-refractivity contribution in [2.24, 2.45) is 11.6 Å². The molecule has 3 rings (SSSR count). The van der Waals surface area contributed by atoms with E-state index in [0.717, 1.165) is 21.3 Å². The highest BCUT2D eigenvalue weighted by atomic mass is 79.9. The number of fused-ring (bicyclic) bond motifs is 1. The molecule has 1 aromatic carbocycles. The number of carbonyl (C=O) groups is 1. The number of amides is 1. The Morgan fingerprint density at radius 1 is 1.33 bits per heavy atom. The van der Waals surface area contributed by atoms with Gasteiger partial charge in [-0.3, -0.25) is 9.59 Å². The molecule has 0 atom stereocenters. The maximum atomic E-state index is 13.4. The summed E-state index contributed by atoms with van der Waals surface area (Å²) < 4.78 is 0.773. The molecule has 160 valence electrons. The van der Waals surface area contributed by atoms with Crippen molar-refractivity contribution in [2.75, 3.05) is 13.6 Å². The van der Waals surface area contributed by atoms with Crippen LogP contribution in [0.2, 0.25) is 5.02 Å². The van der Waals surface area contributed by atoms with Crippen molar-refractivity contribution in [3.05, 3.63) is 71.2 Å². The van der Waals surface area contributed by atoms with Crippen molar-refractivity contribution in [3.8, 4) is 0 Å². The lowest BCUT2D eigenvalue weighted by Crippen LogP contribution is -2.39. The first kappa shape index (κ1) is 22.4. The van der Waals surface area contributed by atoms with Crippen LogP contribution in [0.3, 0.4) is 0 Å². The van der Waals surface area contributed by atoms with E-state index in [1.54, 1.807) is 18.9 Å². The second-order valence-corrected chi connectivity index (χ2v) is 8.87. The van der Waals surface area contributed by atoms with E-state index in [2.05, 4.69) is 20.9 Å². The van der Waals surface area contributed by atoms with Crippen molar-refractivity contribution < 1.29 is 4.79 Å². The van der Waals surface area contributed by atoms with Gasteiger partial charge in [0.25, 0.3) is 11.5 Å². The monoisotopic (exact) mass is 493 g/mol. The van der Waals surface area contributed by atoms with Gasteiger partial charge in [0.05, 0.1) is 22.8 Å². The molecule has 7 nitrogen and oxygen atoms in total. The summed E-state index contributed by atoms with van der Waals surface area (Å²) in [5.74, 6) is 5.74. The van der Waals surface area contributed by atoms with Gasteiger partial charge in [-0.15, -0.1) is 0 Å². The number of H-pyrrole nitrogens is 1. The molecular formula is C21H25BrClN5O2. The molecule has 0 aliphatic carbocycles. The van der Waals surface area contributed by atoms with Gasteiger partial charge in [0, 0.05) is 40.6 Å². The van der Waals surface area contributed by atoms with E-state index in [4.69, 9.17) is 23.2 Å². The summed E-state index contributed by atoms with van der Waals surface area (Å²) in [6.07, 6.45) is 0.615. The Kier molecular flexibility index (Phi) is 6.31. The van der Waals surface area contributed by atoms with Crippen LogP contribution in [-0.2, 0) is 13.0 Å². The van der Waals surface area contributed by atoms with Gasteiger partial charge in [-0.25, -0.2) is 5.84 Å². The summed E-state index contributed by atoms with van der Waals surface area (Å²) >= 11 is 10.3. The van der Waals surface area contributed by atoms with Crippen LogP contribution >= 0.6 is 27.5 Å². The average molecular weight is 495 g/mol. The number of nitrogens with two attached hydrogens (primary N) is 2. The number of hydrogen-bond acceptors (Lipinski definition) is 5. The number of aromatic nitrogens is 1. The fourth-order valence-corrected chi connectivity index (χ4v) is 4.87. The maximum absolute atomic E-state index is 13.4. The molecule has 0 radical (unpaired) electrons. The fraction of sp³-hybridized carbons (Fsp3) is 0.333. The van der Waals surface area contributed by atoms with E-state index in [0.29, 0.717) is 46.1 Å². The summed E-state index contributed by atoms with van der Waals surface area (Å²) in [6, 6.07) is 3.74. The van der Waals surface area contributed by atoms with E-state index in [-0.39, 0.29) is 18.0 Å². The number of carbonyl (C=O) groups excluding carboxylic acids is 1. The second kappa shape index (κ2) is 8.45. The number of rotatable bonds is 4. The first-order valence-corrected chi connectivity index (χ1v) is 10.6. The molecule has 9 heteroatoms. The van der Waals surface area contributed by atoms with Gasteiger partial charge < -0.3 is 20.6 Å². The molecule has 0 bridgehead atoms. The first-order valence-electron chi connectivity index (χ1n) is 9.47. The number of aromatic amines is 1. The van der Waals surface area contributed by atoms with Crippen LogP contribution in [-0.4, -0.2) is 34.4 Å². The minimum atomic E-state index is -0.225. The molecule has 5 N–H and O–H groups in total. The SMILES string of the molecule is C/C(N)=C(\c1cc(Br)c2c(c1Cl)C(=O)N(Cc1c(C)cc(C)[nH]c1=O)CC2)N(C)N. The largest absolute Gasteiger partial charge is 0.401 e. The zero-order valence-corrected chi connectivity index (χ0v) is 19.7. The van der Waals surface area contributed by atoms with Gasteiger partial charge in [-0.05, 0) is 50.5 Å². The van der Waals surface area contributed by atoms with Crippen molar-refractivity contribution in [1.29, 1.82) is 0 Å². The molecule has 1 aliphatic rings. The Bertz CT molecular complexity index is 1120. The first-order chi connectivity index (χ1) is 14.0. The number of pyridine rings is 1. The van der Waals surface area contributed by atoms with Crippen LogP contribution < -0.4 is 17.1 Å². The molecule has 2 aromatic rings. The standard InChI is InChI=1S/C21H25BrClN5O2/c1-10-7-11(2)26-20(29)15(10)9-28-6-5-13-16(22)8-14(18(23)17(13)21(28)30)19(12(3)24)27(4)25/h7-8H,5-6,9,24-25H2,1-4H3,(H,26,29)/b19-12-. The second-order valence-electron chi connectivity index (χ2n) is 7.64. The lowest BCUT2D eigenvalue weighted by molar-refractivity contribution is 0.0726. The number of nitrogens with one attached hydrogen (secondary N) is 1. The van der Waals surface area contributed by atoms with Gasteiger partial charge in [0.15, 0.2) is 0 Å². The third kappa shape index (κ3) is 3.99. The number of halogens is 2. The minimum Gasteiger partial charge on any atom is -0.401 e. The van der Waals surface area contributed by atoms with Crippen LogP contribution in [0.5, 0.6) is 0 Å². The smallest absolute Gasteiger partial charge is 0.256 e. The van der Waals surface area contributed by atoms with E-state index in [1.807, 2.05) is 26.0 Å². The van der Waals surface area contributed by atoms with Gasteiger partial charge >= 0.3 is 0 Å². The van der Waals surface area contributed by atoms with E-state index in [1.165, 1.54) is 5.01 Å². The number of hydrazine groups is 1. The number of aryl methyl sites for hydroxylation is 2. The lowest BCUT2D eigenvalue weighted by atomic mass is 9.94. The molecule has 0 fully saturated rings. The number of nitrogens with zero attached hydrogens (tertiary/aromatic N) is 2. The van der Waals surface area contributed by atoms with Crippen LogP contribution in [0.1, 0.15) is 45.2 Å². The van der Waals surface area contributed by atoms with E-state index < -0.39 is 0 Å². The summed E-state index contributed by atoms with van der Waals surface area (Å²) in [4.78, 5) is 30.3. The zero-order chi connectivity index (χ0) is 22.3. The number of hydrogen-bond donors (Lipinski definition) is 3. The Morgan fingerprint density at radius 2 is 2.00 bits per heavy atom. The fourth-order valence-electron chi connectivity index (χ4n) is 3.91. The Morgan fingerprint density at radius 3 is 2.57 bits per heavy atom. The highest BCUT2D eigenvalue weighted by molar-refractivity contribution is 9.10. The topological polar surface area (TPSA) is 108 Å². The molecular weight excluding hydrogens is 470 g/mol. The third-order valence-corrected chi connectivity index (χ3v) is 6.37. The molecule has 0 unspecified atom stereocenters. The summed E-state index contributed by atoms with van der Waals surface area (Å²) in [5, 5.41) is 1.69.